The number of rotatable bonds is 11. The van der Waals surface area contributed by atoms with E-state index in [0.717, 1.165) is 6.42 Å². The first-order chi connectivity index (χ1) is 19.2. The standard InChI is InChI=1S/C29H27F4N5O2/c1-34-25(39)11-7-2-3-8-14-40-28-35-17-21(18-36-28)26(20-12-13-24-22(15-20)27(30)38-37-24)23(16-29(31,32)33)19-9-5-4-6-10-19/h4-7,9-13,15,17-18H,2-3,8,14,16H2,1H3,(H,34,39)(H,37,38)/b11-7+,26-23-. The zero-order valence-corrected chi connectivity index (χ0v) is 21.6. The second kappa shape index (κ2) is 13.0. The molecule has 0 radical (unpaired) electrons. The number of unbranched alkanes of at least 4 members (excludes halogenated alkanes) is 2. The van der Waals surface area contributed by atoms with Gasteiger partial charge in [-0.1, -0.05) is 42.5 Å². The van der Waals surface area contributed by atoms with Gasteiger partial charge in [-0.05, 0) is 59.7 Å². The summed E-state index contributed by atoms with van der Waals surface area (Å²) in [6, 6.07) is 12.9. The maximum Gasteiger partial charge on any atom is 0.393 e. The molecule has 0 aliphatic heterocycles. The number of carbonyl (C=O) groups is 1. The third kappa shape index (κ3) is 7.52. The Labute approximate surface area is 228 Å². The highest BCUT2D eigenvalue weighted by atomic mass is 19.4. The van der Waals surface area contributed by atoms with E-state index in [1.165, 1.54) is 24.5 Å². The highest BCUT2D eigenvalue weighted by Gasteiger charge is 2.32. The van der Waals surface area contributed by atoms with Gasteiger partial charge in [0.05, 0.1) is 23.9 Å². The molecule has 4 rings (SSSR count). The lowest BCUT2D eigenvalue weighted by atomic mass is 9.88. The van der Waals surface area contributed by atoms with E-state index < -0.39 is 18.5 Å². The summed E-state index contributed by atoms with van der Waals surface area (Å²) in [5, 5.41) is 8.78. The van der Waals surface area contributed by atoms with E-state index in [4.69, 9.17) is 4.74 Å². The number of H-pyrrole nitrogens is 1. The van der Waals surface area contributed by atoms with Crippen LogP contribution in [-0.4, -0.2) is 45.9 Å². The van der Waals surface area contributed by atoms with Crippen molar-refractivity contribution in [1.82, 2.24) is 25.5 Å². The van der Waals surface area contributed by atoms with Crippen molar-refractivity contribution < 1.29 is 27.1 Å². The van der Waals surface area contributed by atoms with Gasteiger partial charge in [0.25, 0.3) is 0 Å². The summed E-state index contributed by atoms with van der Waals surface area (Å²) in [6.45, 7) is 0.329. The van der Waals surface area contributed by atoms with Crippen LogP contribution in [0, 0.1) is 5.95 Å². The predicted octanol–water partition coefficient (Wildman–Crippen LogP) is 6.25. The molecule has 0 bridgehead atoms. The molecule has 2 heterocycles. The van der Waals surface area contributed by atoms with Crippen LogP contribution in [0.2, 0.25) is 0 Å². The summed E-state index contributed by atoms with van der Waals surface area (Å²) in [6.07, 6.45) is 2.49. The van der Waals surface area contributed by atoms with Crippen molar-refractivity contribution in [2.24, 2.45) is 0 Å². The fraction of sp³-hybridized carbons (Fsp3) is 0.241. The molecule has 11 heteroatoms. The van der Waals surface area contributed by atoms with Crippen LogP contribution in [0.4, 0.5) is 17.6 Å². The molecule has 0 spiro atoms. The highest BCUT2D eigenvalue weighted by molar-refractivity contribution is 6.00. The number of nitrogens with zero attached hydrogens (tertiary/aromatic N) is 3. The minimum atomic E-state index is -4.51. The van der Waals surface area contributed by atoms with Crippen LogP contribution in [0.15, 0.2) is 73.1 Å². The number of benzene rings is 2. The average molecular weight is 554 g/mol. The molecule has 0 aliphatic rings. The lowest BCUT2D eigenvalue weighted by Gasteiger charge is -2.18. The molecule has 208 valence electrons. The zero-order chi connectivity index (χ0) is 28.5. The number of alkyl halides is 3. The van der Waals surface area contributed by atoms with Gasteiger partial charge in [0.2, 0.25) is 11.9 Å². The van der Waals surface area contributed by atoms with Crippen molar-refractivity contribution in [1.29, 1.82) is 0 Å². The number of amides is 1. The quantitative estimate of drug-likeness (QED) is 0.0991. The van der Waals surface area contributed by atoms with Crippen LogP contribution in [-0.2, 0) is 4.79 Å². The molecule has 2 N–H and O–H groups in total. The van der Waals surface area contributed by atoms with E-state index in [-0.39, 0.29) is 28.5 Å². The Morgan fingerprint density at radius 1 is 1.02 bits per heavy atom. The number of hydrogen-bond donors (Lipinski definition) is 2. The lowest BCUT2D eigenvalue weighted by molar-refractivity contribution is -0.123. The van der Waals surface area contributed by atoms with Crippen LogP contribution >= 0.6 is 0 Å². The fourth-order valence-corrected chi connectivity index (χ4v) is 4.15. The lowest BCUT2D eigenvalue weighted by Crippen LogP contribution is -2.13. The second-order valence-electron chi connectivity index (χ2n) is 8.90. The van der Waals surface area contributed by atoms with Crippen molar-refractivity contribution in [3.8, 4) is 6.01 Å². The first-order valence-corrected chi connectivity index (χ1v) is 12.6. The normalized spacial score (nSPS) is 12.5. The van der Waals surface area contributed by atoms with Gasteiger partial charge in [0.1, 0.15) is 0 Å². The summed E-state index contributed by atoms with van der Waals surface area (Å²) in [4.78, 5) is 19.6. The smallest absolute Gasteiger partial charge is 0.393 e. The molecule has 0 unspecified atom stereocenters. The monoisotopic (exact) mass is 553 g/mol. The van der Waals surface area contributed by atoms with Crippen LogP contribution in [0.25, 0.3) is 22.0 Å². The van der Waals surface area contributed by atoms with Crippen molar-refractivity contribution >= 4 is 28.0 Å². The molecule has 0 aliphatic carbocycles. The topological polar surface area (TPSA) is 92.8 Å². The molecule has 0 saturated carbocycles. The van der Waals surface area contributed by atoms with Gasteiger partial charge < -0.3 is 10.1 Å². The number of halogens is 4. The molecule has 1 amide bonds. The van der Waals surface area contributed by atoms with E-state index in [2.05, 4.69) is 25.5 Å². The third-order valence-corrected chi connectivity index (χ3v) is 6.03. The van der Waals surface area contributed by atoms with Crippen LogP contribution in [0.1, 0.15) is 42.4 Å². The molecular formula is C29H27F4N5O2. The van der Waals surface area contributed by atoms with Crippen LogP contribution in [0.5, 0.6) is 6.01 Å². The van der Waals surface area contributed by atoms with E-state index in [0.29, 0.717) is 41.7 Å². The number of likely N-dealkylation sites (N-methyl/N-ethyl adjacent to an activating group) is 1. The number of aromatic nitrogens is 4. The van der Waals surface area contributed by atoms with Gasteiger partial charge in [0.15, 0.2) is 0 Å². The summed E-state index contributed by atoms with van der Waals surface area (Å²) < 4.78 is 61.4. The largest absolute Gasteiger partial charge is 0.463 e. The molecule has 0 saturated heterocycles. The first-order valence-electron chi connectivity index (χ1n) is 12.6. The maximum atomic E-state index is 14.3. The number of nitrogens with one attached hydrogen (secondary N) is 2. The molecule has 2 aromatic heterocycles. The number of hydrogen-bond acceptors (Lipinski definition) is 5. The van der Waals surface area contributed by atoms with Crippen molar-refractivity contribution in [2.45, 2.75) is 31.9 Å². The minimum absolute atomic E-state index is 0.00145. The molecule has 40 heavy (non-hydrogen) atoms. The number of fused-ring (bicyclic) bond motifs is 1. The Morgan fingerprint density at radius 3 is 2.48 bits per heavy atom. The van der Waals surface area contributed by atoms with Crippen molar-refractivity contribution in [2.75, 3.05) is 13.7 Å². The van der Waals surface area contributed by atoms with Crippen molar-refractivity contribution in [3.63, 3.8) is 0 Å². The minimum Gasteiger partial charge on any atom is -0.463 e. The fourth-order valence-electron chi connectivity index (χ4n) is 4.15. The van der Waals surface area contributed by atoms with E-state index >= 15 is 0 Å². The van der Waals surface area contributed by atoms with Gasteiger partial charge in [-0.15, -0.1) is 0 Å². The number of allylic oxidation sites excluding steroid dienone is 2. The average Bonchev–Trinajstić information content (AvgIpc) is 3.32. The zero-order valence-electron chi connectivity index (χ0n) is 21.6. The van der Waals surface area contributed by atoms with Gasteiger partial charge in [-0.3, -0.25) is 9.89 Å². The number of ether oxygens (including phenoxy) is 1. The molecule has 4 aromatic rings. The van der Waals surface area contributed by atoms with E-state index in [1.54, 1.807) is 55.6 Å². The van der Waals surface area contributed by atoms with Crippen LogP contribution in [0.3, 0.4) is 0 Å². The highest BCUT2D eigenvalue weighted by Crippen LogP contribution is 2.39. The van der Waals surface area contributed by atoms with Crippen LogP contribution < -0.4 is 10.1 Å². The molecule has 0 fully saturated rings. The number of carbonyl (C=O) groups excluding carboxylic acids is 1. The first kappa shape index (κ1) is 28.5. The summed E-state index contributed by atoms with van der Waals surface area (Å²) >= 11 is 0. The SMILES string of the molecule is CNC(=O)/C=C/CCCCOc1ncc(/C(=C(/CC(F)(F)F)c2ccccc2)c2ccc3n[nH]c(F)c3c2)cn1. The number of aromatic amines is 1. The third-order valence-electron chi connectivity index (χ3n) is 6.03. The summed E-state index contributed by atoms with van der Waals surface area (Å²) in [5.74, 6) is -0.851. The Bertz CT molecular complexity index is 1500. The molecule has 2 aromatic carbocycles. The van der Waals surface area contributed by atoms with E-state index in [1.807, 2.05) is 0 Å². The molecule has 7 nitrogen and oxygen atoms in total. The predicted molar refractivity (Wildman–Crippen MR) is 144 cm³/mol. The van der Waals surface area contributed by atoms with Gasteiger partial charge >= 0.3 is 12.2 Å². The molecular weight excluding hydrogens is 526 g/mol. The van der Waals surface area contributed by atoms with E-state index in [9.17, 15) is 22.4 Å². The van der Waals surface area contributed by atoms with Gasteiger partial charge in [0, 0.05) is 25.0 Å². The Balaban J connectivity index is 1.64. The van der Waals surface area contributed by atoms with Gasteiger partial charge in [-0.2, -0.15) is 22.7 Å². The van der Waals surface area contributed by atoms with Crippen molar-refractivity contribution in [3.05, 3.63) is 95.7 Å². The summed E-state index contributed by atoms with van der Waals surface area (Å²) in [7, 11) is 1.56. The Hall–Kier alpha value is -4.54. The second-order valence-corrected chi connectivity index (χ2v) is 8.90. The van der Waals surface area contributed by atoms with Gasteiger partial charge in [-0.25, -0.2) is 9.97 Å². The maximum absolute atomic E-state index is 14.3. The molecule has 0 atom stereocenters. The Morgan fingerprint density at radius 2 is 1.77 bits per heavy atom. The summed E-state index contributed by atoms with van der Waals surface area (Å²) in [5.41, 5.74) is 1.62. The Kier molecular flexibility index (Phi) is 9.26.